The molecule has 2 aromatic rings. The highest BCUT2D eigenvalue weighted by atomic mass is 16.1. The molecule has 4 heteroatoms. The van der Waals surface area contributed by atoms with Crippen LogP contribution >= 0.6 is 0 Å². The summed E-state index contributed by atoms with van der Waals surface area (Å²) in [6.07, 6.45) is 4.12. The first kappa shape index (κ1) is 14.3. The Morgan fingerprint density at radius 3 is 2.60 bits per heavy atom. The number of benzene rings is 1. The zero-order valence-electron chi connectivity index (χ0n) is 12.2. The van der Waals surface area contributed by atoms with Gasteiger partial charge in [-0.05, 0) is 28.9 Å². The molecule has 3 N–H and O–H groups in total. The molecule has 1 amide bonds. The van der Waals surface area contributed by atoms with Crippen molar-refractivity contribution in [2.75, 3.05) is 0 Å². The Labute approximate surface area is 119 Å². The number of hydrogen-bond acceptors (Lipinski definition) is 2. The van der Waals surface area contributed by atoms with Crippen LogP contribution in [0.15, 0.2) is 36.7 Å². The van der Waals surface area contributed by atoms with Crippen LogP contribution in [-0.4, -0.2) is 16.1 Å². The van der Waals surface area contributed by atoms with E-state index in [0.29, 0.717) is 11.0 Å². The zero-order valence-corrected chi connectivity index (χ0v) is 12.2. The fourth-order valence-electron chi connectivity index (χ4n) is 2.91. The maximum absolute atomic E-state index is 10.2. The first-order chi connectivity index (χ1) is 9.42. The van der Waals surface area contributed by atoms with E-state index in [1.807, 2.05) is 0 Å². The summed E-state index contributed by atoms with van der Waals surface area (Å²) >= 11 is 0. The quantitative estimate of drug-likeness (QED) is 0.837. The molecule has 0 saturated heterocycles. The van der Waals surface area contributed by atoms with Crippen LogP contribution in [0, 0.1) is 0 Å². The normalized spacial score (nSPS) is 18.9. The number of nitrogens with zero attached hydrogens (tertiary/aromatic N) is 1. The molecule has 4 nitrogen and oxygen atoms in total. The number of nitrogens with one attached hydrogen (secondary N) is 1. The average molecular weight is 271 g/mol. The van der Waals surface area contributed by atoms with Crippen molar-refractivity contribution in [1.29, 1.82) is 0 Å². The number of H-pyrrole nitrogens is 1. The van der Waals surface area contributed by atoms with Gasteiger partial charge in [0.05, 0.1) is 11.8 Å². The summed E-state index contributed by atoms with van der Waals surface area (Å²) < 4.78 is 0. The van der Waals surface area contributed by atoms with Gasteiger partial charge in [0, 0.05) is 6.20 Å². The molecule has 3 rings (SSSR count). The Bertz CT molecular complexity index is 588. The lowest BCUT2D eigenvalue weighted by Gasteiger charge is -2.18. The average Bonchev–Trinajstić information content (AvgIpc) is 2.99. The van der Waals surface area contributed by atoms with Crippen molar-refractivity contribution in [1.82, 2.24) is 10.2 Å². The van der Waals surface area contributed by atoms with Crippen LogP contribution in [0.2, 0.25) is 0 Å². The molecule has 0 bridgehead atoms. The number of amides is 1. The minimum atomic E-state index is -0.459. The van der Waals surface area contributed by atoms with E-state index in [9.17, 15) is 4.79 Å². The summed E-state index contributed by atoms with van der Waals surface area (Å²) in [7, 11) is 0. The van der Waals surface area contributed by atoms with Gasteiger partial charge in [0.2, 0.25) is 0 Å². The Kier molecular flexibility index (Phi) is 3.93. The van der Waals surface area contributed by atoms with Crippen LogP contribution in [-0.2, 0) is 5.41 Å². The summed E-state index contributed by atoms with van der Waals surface area (Å²) in [6, 6.07) is 8.85. The maximum atomic E-state index is 10.2. The molecule has 1 aromatic carbocycles. The summed E-state index contributed by atoms with van der Waals surface area (Å²) in [4.78, 5) is 10.2. The minimum absolute atomic E-state index is 0.399. The van der Waals surface area contributed by atoms with Gasteiger partial charge in [0.1, 0.15) is 0 Å². The topological polar surface area (TPSA) is 71.8 Å². The zero-order chi connectivity index (χ0) is 14.8. The van der Waals surface area contributed by atoms with Gasteiger partial charge in [-0.3, -0.25) is 9.89 Å². The van der Waals surface area contributed by atoms with Gasteiger partial charge >= 0.3 is 0 Å². The van der Waals surface area contributed by atoms with E-state index < -0.39 is 5.91 Å². The van der Waals surface area contributed by atoms with Crippen LogP contribution in [0.4, 0.5) is 0 Å². The van der Waals surface area contributed by atoms with Gasteiger partial charge in [-0.25, -0.2) is 0 Å². The summed E-state index contributed by atoms with van der Waals surface area (Å²) in [5.41, 5.74) is 8.78. The molecule has 0 aliphatic heterocycles. The lowest BCUT2D eigenvalue weighted by molar-refractivity contribution is 0.100. The van der Waals surface area contributed by atoms with E-state index in [1.165, 1.54) is 18.8 Å². The van der Waals surface area contributed by atoms with Crippen molar-refractivity contribution in [2.45, 2.75) is 38.5 Å². The molecule has 20 heavy (non-hydrogen) atoms. The molecule has 0 radical (unpaired) electrons. The highest BCUT2D eigenvalue weighted by Gasteiger charge is 2.33. The number of rotatable bonds is 1. The maximum Gasteiger partial charge on any atom is 0.251 e. The molecule has 106 valence electrons. The van der Waals surface area contributed by atoms with Gasteiger partial charge in [-0.15, -0.1) is 0 Å². The fraction of sp³-hybridized carbons (Fsp3) is 0.375. The van der Waals surface area contributed by atoms with Crippen molar-refractivity contribution in [3.63, 3.8) is 0 Å². The molecular formula is C16H21N3O. The largest absolute Gasteiger partial charge is 0.366 e. The first-order valence-corrected chi connectivity index (χ1v) is 6.80. The van der Waals surface area contributed by atoms with Crippen LogP contribution in [0.3, 0.4) is 0 Å². The monoisotopic (exact) mass is 271 g/mol. The predicted octanol–water partition coefficient (Wildman–Crippen LogP) is 2.98. The van der Waals surface area contributed by atoms with Gasteiger partial charge < -0.3 is 5.73 Å². The second-order valence-corrected chi connectivity index (χ2v) is 5.93. The Hall–Kier alpha value is -2.10. The van der Waals surface area contributed by atoms with Crippen molar-refractivity contribution < 1.29 is 4.79 Å². The first-order valence-electron chi connectivity index (χ1n) is 6.80. The van der Waals surface area contributed by atoms with Gasteiger partial charge in [0.15, 0.2) is 0 Å². The van der Waals surface area contributed by atoms with Crippen LogP contribution < -0.4 is 5.73 Å². The third kappa shape index (κ3) is 2.90. The molecule has 1 heterocycles. The molecule has 1 aliphatic rings. The number of hydrogen-bond donors (Lipinski definition) is 2. The molecule has 1 unspecified atom stereocenters. The second-order valence-electron chi connectivity index (χ2n) is 5.93. The number of carbonyl (C=O) groups excluding carboxylic acids is 1. The van der Waals surface area contributed by atoms with Crippen molar-refractivity contribution in [3.05, 3.63) is 53.3 Å². The Morgan fingerprint density at radius 2 is 2.10 bits per heavy atom. The Morgan fingerprint density at radius 1 is 1.40 bits per heavy atom. The van der Waals surface area contributed by atoms with Crippen molar-refractivity contribution in [2.24, 2.45) is 5.73 Å². The number of carbonyl (C=O) groups is 1. The molecule has 0 fully saturated rings. The van der Waals surface area contributed by atoms with E-state index in [-0.39, 0.29) is 0 Å². The molecule has 1 atom stereocenters. The number of aromatic amines is 1. The van der Waals surface area contributed by atoms with E-state index >= 15 is 0 Å². The number of fused-ring (bicyclic) bond motifs is 1. The SMILES string of the molecule is CC1CC(C)(C)c2ccccc21.NC(=O)c1cn[nH]c1. The van der Waals surface area contributed by atoms with Gasteiger partial charge in [-0.1, -0.05) is 45.0 Å². The lowest BCUT2D eigenvalue weighted by atomic mass is 9.86. The van der Waals surface area contributed by atoms with E-state index in [4.69, 9.17) is 5.73 Å². The fourth-order valence-corrected chi connectivity index (χ4v) is 2.91. The van der Waals surface area contributed by atoms with Crippen molar-refractivity contribution >= 4 is 5.91 Å². The van der Waals surface area contributed by atoms with E-state index in [2.05, 4.69) is 55.2 Å². The predicted molar refractivity (Wildman–Crippen MR) is 79.6 cm³/mol. The molecule has 1 aromatic heterocycles. The standard InChI is InChI=1S/C12H16.C4H5N3O/c1-9-8-12(2,3)11-7-5-4-6-10(9)11;5-4(8)3-1-6-7-2-3/h4-7,9H,8H2,1-3H3;1-2H,(H2,5,8)(H,6,7). The number of nitrogens with two attached hydrogens (primary N) is 1. The van der Waals surface area contributed by atoms with Gasteiger partial charge in [0.25, 0.3) is 5.91 Å². The number of primary amides is 1. The number of aromatic nitrogens is 2. The summed E-state index contributed by atoms with van der Waals surface area (Å²) in [6.45, 7) is 7.01. The highest BCUT2D eigenvalue weighted by Crippen LogP contribution is 2.44. The van der Waals surface area contributed by atoms with Crippen LogP contribution in [0.1, 0.15) is 54.6 Å². The molecular weight excluding hydrogens is 250 g/mol. The molecule has 1 aliphatic carbocycles. The summed E-state index contributed by atoms with van der Waals surface area (Å²) in [5, 5.41) is 5.98. The van der Waals surface area contributed by atoms with Crippen molar-refractivity contribution in [3.8, 4) is 0 Å². The lowest BCUT2D eigenvalue weighted by Crippen LogP contribution is -2.11. The third-order valence-corrected chi connectivity index (χ3v) is 3.82. The van der Waals surface area contributed by atoms with E-state index in [0.717, 1.165) is 5.92 Å². The highest BCUT2D eigenvalue weighted by molar-refractivity contribution is 5.92. The van der Waals surface area contributed by atoms with E-state index in [1.54, 1.807) is 11.1 Å². The van der Waals surface area contributed by atoms with Gasteiger partial charge in [-0.2, -0.15) is 5.10 Å². The Balaban J connectivity index is 0.000000160. The molecule has 0 spiro atoms. The smallest absolute Gasteiger partial charge is 0.251 e. The summed E-state index contributed by atoms with van der Waals surface area (Å²) in [5.74, 6) is 0.287. The van der Waals surface area contributed by atoms with Crippen LogP contribution in [0.25, 0.3) is 0 Å². The van der Waals surface area contributed by atoms with Crippen LogP contribution in [0.5, 0.6) is 0 Å². The molecule has 0 saturated carbocycles. The minimum Gasteiger partial charge on any atom is -0.366 e. The second kappa shape index (κ2) is 5.49. The third-order valence-electron chi connectivity index (χ3n) is 3.82.